The highest BCUT2D eigenvalue weighted by molar-refractivity contribution is 7.85. The average Bonchev–Trinajstić information content (AvgIpc) is 2.33. The molecule has 0 saturated heterocycles. The van der Waals surface area contributed by atoms with Crippen molar-refractivity contribution in [3.63, 3.8) is 0 Å². The summed E-state index contributed by atoms with van der Waals surface area (Å²) >= 11 is 12.2. The lowest BCUT2D eigenvalue weighted by molar-refractivity contribution is 0.431. The van der Waals surface area contributed by atoms with Gasteiger partial charge in [0.25, 0.3) is 0 Å². The number of rotatable bonds is 7. The van der Waals surface area contributed by atoms with E-state index in [2.05, 4.69) is 26.1 Å². The van der Waals surface area contributed by atoms with Crippen LogP contribution in [0.3, 0.4) is 0 Å². The molecular formula is C14H21Cl2NOS. The highest BCUT2D eigenvalue weighted by Gasteiger charge is 2.20. The first-order valence-electron chi connectivity index (χ1n) is 6.53. The molecule has 0 heterocycles. The minimum atomic E-state index is -1.19. The van der Waals surface area contributed by atoms with E-state index < -0.39 is 10.8 Å². The van der Waals surface area contributed by atoms with Crippen molar-refractivity contribution in [3.8, 4) is 0 Å². The molecule has 2 nitrogen and oxygen atoms in total. The van der Waals surface area contributed by atoms with Gasteiger partial charge in [-0.1, -0.05) is 50.0 Å². The molecule has 2 atom stereocenters. The zero-order valence-electron chi connectivity index (χ0n) is 11.6. The summed E-state index contributed by atoms with van der Waals surface area (Å²) in [4.78, 5) is 0.551. The van der Waals surface area contributed by atoms with E-state index in [1.54, 1.807) is 18.2 Å². The molecule has 1 aromatic rings. The summed E-state index contributed by atoms with van der Waals surface area (Å²) in [6.45, 7) is 7.29. The van der Waals surface area contributed by atoms with Crippen LogP contribution >= 0.6 is 23.2 Å². The fourth-order valence-electron chi connectivity index (χ4n) is 1.76. The lowest BCUT2D eigenvalue weighted by atomic mass is 10.1. The van der Waals surface area contributed by atoms with Crippen LogP contribution in [-0.4, -0.2) is 22.5 Å². The van der Waals surface area contributed by atoms with Crippen LogP contribution in [0.4, 0.5) is 0 Å². The molecule has 0 radical (unpaired) electrons. The molecule has 0 amide bonds. The van der Waals surface area contributed by atoms with Crippen LogP contribution in [-0.2, 0) is 10.8 Å². The number of nitrogens with one attached hydrogen (secondary N) is 1. The topological polar surface area (TPSA) is 29.1 Å². The first-order valence-corrected chi connectivity index (χ1v) is 8.60. The molecule has 0 saturated carbocycles. The van der Waals surface area contributed by atoms with Gasteiger partial charge in [0.2, 0.25) is 0 Å². The van der Waals surface area contributed by atoms with Crippen molar-refractivity contribution >= 4 is 34.0 Å². The number of hydrogen-bond donors (Lipinski definition) is 1. The van der Waals surface area contributed by atoms with Crippen LogP contribution < -0.4 is 5.32 Å². The van der Waals surface area contributed by atoms with Gasteiger partial charge in [-0.15, -0.1) is 0 Å². The lowest BCUT2D eigenvalue weighted by Crippen LogP contribution is -2.39. The smallest absolute Gasteiger partial charge is 0.0760 e. The van der Waals surface area contributed by atoms with Crippen molar-refractivity contribution in [2.45, 2.75) is 38.1 Å². The molecule has 0 aliphatic heterocycles. The second-order valence-electron chi connectivity index (χ2n) is 4.87. The number of hydrogen-bond acceptors (Lipinski definition) is 2. The molecule has 1 N–H and O–H groups in total. The Kier molecular flexibility index (Phi) is 7.37. The highest BCUT2D eigenvalue weighted by Crippen LogP contribution is 2.28. The van der Waals surface area contributed by atoms with Gasteiger partial charge in [-0.2, -0.15) is 0 Å². The van der Waals surface area contributed by atoms with Crippen molar-refractivity contribution < 1.29 is 4.21 Å². The molecule has 19 heavy (non-hydrogen) atoms. The van der Waals surface area contributed by atoms with Gasteiger partial charge in [-0.25, -0.2) is 0 Å². The minimum Gasteiger partial charge on any atom is -0.313 e. The van der Waals surface area contributed by atoms with Gasteiger partial charge in [-0.05, 0) is 31.0 Å². The van der Waals surface area contributed by atoms with E-state index >= 15 is 0 Å². The van der Waals surface area contributed by atoms with Crippen LogP contribution in [0.15, 0.2) is 23.1 Å². The first-order chi connectivity index (χ1) is 8.97. The molecule has 5 heteroatoms. The largest absolute Gasteiger partial charge is 0.313 e. The van der Waals surface area contributed by atoms with E-state index in [1.165, 1.54) is 0 Å². The molecular weight excluding hydrogens is 301 g/mol. The summed E-state index contributed by atoms with van der Waals surface area (Å²) in [5.74, 6) is 0.943. The third kappa shape index (κ3) is 5.07. The Balaban J connectivity index is 2.82. The minimum absolute atomic E-state index is 0.202. The molecule has 0 fully saturated rings. The molecule has 1 aromatic carbocycles. The van der Waals surface area contributed by atoms with Gasteiger partial charge >= 0.3 is 0 Å². The summed E-state index contributed by atoms with van der Waals surface area (Å²) in [6, 6.07) is 5.42. The van der Waals surface area contributed by atoms with Gasteiger partial charge < -0.3 is 5.32 Å². The second kappa shape index (κ2) is 8.25. The van der Waals surface area contributed by atoms with Crippen LogP contribution in [0.1, 0.15) is 27.2 Å². The molecule has 2 unspecified atom stereocenters. The molecule has 0 spiro atoms. The van der Waals surface area contributed by atoms with Crippen molar-refractivity contribution in [2.24, 2.45) is 5.92 Å². The second-order valence-corrected chi connectivity index (χ2v) is 7.11. The highest BCUT2D eigenvalue weighted by atomic mass is 35.5. The number of benzene rings is 1. The predicted octanol–water partition coefficient (Wildman–Crippen LogP) is 4.13. The maximum Gasteiger partial charge on any atom is 0.0760 e. The zero-order chi connectivity index (χ0) is 14.4. The molecule has 108 valence electrons. The van der Waals surface area contributed by atoms with E-state index in [-0.39, 0.29) is 6.04 Å². The fourth-order valence-corrected chi connectivity index (χ4v) is 4.24. The van der Waals surface area contributed by atoms with Gasteiger partial charge in [0.15, 0.2) is 0 Å². The van der Waals surface area contributed by atoms with Gasteiger partial charge in [0.1, 0.15) is 0 Å². The van der Waals surface area contributed by atoms with Gasteiger partial charge in [-0.3, -0.25) is 4.21 Å². The van der Waals surface area contributed by atoms with Gasteiger partial charge in [0, 0.05) is 11.8 Å². The Hall–Kier alpha value is -0.0900. The van der Waals surface area contributed by atoms with Crippen molar-refractivity contribution in [1.82, 2.24) is 5.32 Å². The van der Waals surface area contributed by atoms with Gasteiger partial charge in [0.05, 0.1) is 25.7 Å². The van der Waals surface area contributed by atoms with Crippen LogP contribution in [0.2, 0.25) is 10.0 Å². The Morgan fingerprint density at radius 1 is 1.26 bits per heavy atom. The van der Waals surface area contributed by atoms with E-state index in [4.69, 9.17) is 23.2 Å². The first kappa shape index (κ1) is 17.0. The SMILES string of the molecule is CCCNC(CS(=O)c1c(Cl)cccc1Cl)C(C)C. The third-order valence-electron chi connectivity index (χ3n) is 2.94. The standard InChI is InChI=1S/C14H21Cl2NOS/c1-4-8-17-13(10(2)3)9-19(18)14-11(15)6-5-7-12(14)16/h5-7,10,13,17H,4,8-9H2,1-3H3. The van der Waals surface area contributed by atoms with E-state index in [9.17, 15) is 4.21 Å². The maximum absolute atomic E-state index is 12.5. The van der Waals surface area contributed by atoms with E-state index in [0.29, 0.717) is 26.6 Å². The quantitative estimate of drug-likeness (QED) is 0.818. The van der Waals surface area contributed by atoms with Crippen molar-refractivity contribution in [1.29, 1.82) is 0 Å². The van der Waals surface area contributed by atoms with Crippen LogP contribution in [0.5, 0.6) is 0 Å². The van der Waals surface area contributed by atoms with Crippen LogP contribution in [0.25, 0.3) is 0 Å². The predicted molar refractivity (Wildman–Crippen MR) is 84.7 cm³/mol. The van der Waals surface area contributed by atoms with Crippen LogP contribution in [0, 0.1) is 5.92 Å². The monoisotopic (exact) mass is 321 g/mol. The molecule has 0 aliphatic carbocycles. The third-order valence-corrected chi connectivity index (χ3v) is 5.35. The van der Waals surface area contributed by atoms with E-state index in [1.807, 2.05) is 0 Å². The van der Waals surface area contributed by atoms with Crippen molar-refractivity contribution in [2.75, 3.05) is 12.3 Å². The summed E-state index contributed by atoms with van der Waals surface area (Å²) in [5.41, 5.74) is 0. The Morgan fingerprint density at radius 2 is 1.84 bits per heavy atom. The Morgan fingerprint density at radius 3 is 2.32 bits per heavy atom. The summed E-state index contributed by atoms with van der Waals surface area (Å²) in [6.07, 6.45) is 1.06. The normalized spacial score (nSPS) is 14.6. The Labute approximate surface area is 128 Å². The maximum atomic E-state index is 12.5. The fraction of sp³-hybridized carbons (Fsp3) is 0.571. The molecule has 0 aromatic heterocycles. The summed E-state index contributed by atoms with van der Waals surface area (Å²) in [7, 11) is -1.19. The number of halogens is 2. The molecule has 1 rings (SSSR count). The van der Waals surface area contributed by atoms with Crippen molar-refractivity contribution in [3.05, 3.63) is 28.2 Å². The Bertz CT molecular complexity index is 417. The average molecular weight is 322 g/mol. The summed E-state index contributed by atoms with van der Waals surface area (Å²) < 4.78 is 12.5. The zero-order valence-corrected chi connectivity index (χ0v) is 13.9. The molecule has 0 bridgehead atoms. The summed E-state index contributed by atoms with van der Waals surface area (Å²) in [5, 5.41) is 4.38. The van der Waals surface area contributed by atoms with E-state index in [0.717, 1.165) is 13.0 Å². The molecule has 0 aliphatic rings. The lowest BCUT2D eigenvalue weighted by Gasteiger charge is -2.22.